The first kappa shape index (κ1) is 13.2. The lowest BCUT2D eigenvalue weighted by Gasteiger charge is -2.13. The van der Waals surface area contributed by atoms with Crippen molar-refractivity contribution < 1.29 is 18.8 Å². The van der Waals surface area contributed by atoms with Crippen molar-refractivity contribution in [2.24, 2.45) is 0 Å². The average molecular weight is 241 g/mol. The number of carbonyl (C=O) groups is 2. The molecule has 7 heteroatoms. The summed E-state index contributed by atoms with van der Waals surface area (Å²) >= 11 is 0. The van der Waals surface area contributed by atoms with Crippen LogP contribution in [-0.2, 0) is 14.3 Å². The van der Waals surface area contributed by atoms with Crippen LogP contribution in [-0.4, -0.2) is 49.2 Å². The van der Waals surface area contributed by atoms with Crippen molar-refractivity contribution >= 4 is 17.7 Å². The van der Waals surface area contributed by atoms with E-state index in [2.05, 4.69) is 15.2 Å². The third-order valence-electron chi connectivity index (χ3n) is 1.94. The van der Waals surface area contributed by atoms with E-state index in [0.29, 0.717) is 11.6 Å². The number of amides is 1. The van der Waals surface area contributed by atoms with E-state index < -0.39 is 5.97 Å². The molecule has 1 aromatic heterocycles. The van der Waals surface area contributed by atoms with E-state index in [0.717, 1.165) is 0 Å². The molecule has 0 spiro atoms. The predicted octanol–water partition coefficient (Wildman–Crippen LogP) is 0.0263. The molecule has 1 rings (SSSR count). The van der Waals surface area contributed by atoms with Gasteiger partial charge < -0.3 is 14.6 Å². The normalized spacial score (nSPS) is 10.4. The number of aryl methyl sites for hydroxylation is 1. The van der Waals surface area contributed by atoms with Gasteiger partial charge in [0.1, 0.15) is 5.76 Å². The maximum atomic E-state index is 11.5. The second-order valence-electron chi connectivity index (χ2n) is 3.62. The Hall–Kier alpha value is -1.89. The molecular formula is C10H15N3O4. The number of likely N-dealkylation sites (N-methyl/N-ethyl adjacent to an activating group) is 1. The molecule has 0 saturated heterocycles. The van der Waals surface area contributed by atoms with Gasteiger partial charge in [-0.2, -0.15) is 0 Å². The molecule has 1 N–H and O–H groups in total. The first-order valence-electron chi connectivity index (χ1n) is 5.00. The molecule has 0 aliphatic rings. The maximum Gasteiger partial charge on any atom is 0.319 e. The van der Waals surface area contributed by atoms with Gasteiger partial charge >= 0.3 is 5.97 Å². The minimum Gasteiger partial charge on any atom is -0.468 e. The summed E-state index contributed by atoms with van der Waals surface area (Å²) in [6.45, 7) is 1.86. The third kappa shape index (κ3) is 4.64. The summed E-state index contributed by atoms with van der Waals surface area (Å²) in [6.07, 6.45) is 0. The third-order valence-corrected chi connectivity index (χ3v) is 1.94. The minimum atomic E-state index is -0.391. The van der Waals surface area contributed by atoms with Crippen LogP contribution in [0, 0.1) is 6.92 Å². The molecule has 0 aliphatic heterocycles. The summed E-state index contributed by atoms with van der Waals surface area (Å²) in [7, 11) is 2.94. The van der Waals surface area contributed by atoms with Gasteiger partial charge in [0, 0.05) is 6.07 Å². The molecular weight excluding hydrogens is 226 g/mol. The van der Waals surface area contributed by atoms with E-state index >= 15 is 0 Å². The van der Waals surface area contributed by atoms with Crippen LogP contribution in [0.15, 0.2) is 10.6 Å². The van der Waals surface area contributed by atoms with Crippen molar-refractivity contribution in [3.8, 4) is 0 Å². The quantitative estimate of drug-likeness (QED) is 0.732. The fourth-order valence-corrected chi connectivity index (χ4v) is 1.19. The number of rotatable bonds is 5. The molecule has 0 radical (unpaired) electrons. The van der Waals surface area contributed by atoms with Crippen molar-refractivity contribution in [1.82, 2.24) is 10.1 Å². The van der Waals surface area contributed by atoms with Crippen LogP contribution in [0.2, 0.25) is 0 Å². The Bertz CT molecular complexity index is 402. The van der Waals surface area contributed by atoms with Crippen molar-refractivity contribution in [1.29, 1.82) is 0 Å². The zero-order chi connectivity index (χ0) is 12.8. The summed E-state index contributed by atoms with van der Waals surface area (Å²) in [5.74, 6) is 0.310. The van der Waals surface area contributed by atoms with Crippen LogP contribution in [0.1, 0.15) is 5.76 Å². The van der Waals surface area contributed by atoms with E-state index in [1.807, 2.05) is 0 Å². The van der Waals surface area contributed by atoms with E-state index in [1.54, 1.807) is 20.0 Å². The van der Waals surface area contributed by atoms with Gasteiger partial charge in [-0.15, -0.1) is 0 Å². The van der Waals surface area contributed by atoms with Crippen LogP contribution in [0.4, 0.5) is 5.82 Å². The van der Waals surface area contributed by atoms with Gasteiger partial charge in [-0.1, -0.05) is 5.16 Å². The van der Waals surface area contributed by atoms with Gasteiger partial charge in [-0.25, -0.2) is 0 Å². The summed E-state index contributed by atoms with van der Waals surface area (Å²) in [4.78, 5) is 24.0. The zero-order valence-corrected chi connectivity index (χ0v) is 10.0. The number of anilines is 1. The zero-order valence-electron chi connectivity index (χ0n) is 10.0. The molecule has 0 fully saturated rings. The molecule has 0 atom stereocenters. The van der Waals surface area contributed by atoms with Crippen molar-refractivity contribution in [2.45, 2.75) is 6.92 Å². The number of nitrogens with one attached hydrogen (secondary N) is 1. The smallest absolute Gasteiger partial charge is 0.319 e. The molecule has 0 bridgehead atoms. The van der Waals surface area contributed by atoms with Gasteiger partial charge in [0.05, 0.1) is 20.2 Å². The second kappa shape index (κ2) is 6.00. The number of aromatic nitrogens is 1. The molecule has 0 saturated carbocycles. The molecule has 0 aliphatic carbocycles. The largest absolute Gasteiger partial charge is 0.468 e. The monoisotopic (exact) mass is 241 g/mol. The van der Waals surface area contributed by atoms with Gasteiger partial charge in [0.25, 0.3) is 0 Å². The highest BCUT2D eigenvalue weighted by molar-refractivity contribution is 5.91. The van der Waals surface area contributed by atoms with Crippen LogP contribution in [0.3, 0.4) is 0 Å². The number of hydrogen-bond acceptors (Lipinski definition) is 6. The predicted molar refractivity (Wildman–Crippen MR) is 59.4 cm³/mol. The number of nitrogens with zero attached hydrogens (tertiary/aromatic N) is 2. The molecule has 0 unspecified atom stereocenters. The summed E-state index contributed by atoms with van der Waals surface area (Å²) < 4.78 is 9.28. The van der Waals surface area contributed by atoms with Crippen molar-refractivity contribution in [2.75, 3.05) is 32.6 Å². The fourth-order valence-electron chi connectivity index (χ4n) is 1.19. The van der Waals surface area contributed by atoms with E-state index in [1.165, 1.54) is 12.0 Å². The number of methoxy groups -OCH3 is 1. The van der Waals surface area contributed by atoms with Gasteiger partial charge in [-0.05, 0) is 14.0 Å². The first-order valence-corrected chi connectivity index (χ1v) is 5.00. The summed E-state index contributed by atoms with van der Waals surface area (Å²) in [6, 6.07) is 1.61. The van der Waals surface area contributed by atoms with E-state index in [9.17, 15) is 9.59 Å². The van der Waals surface area contributed by atoms with Crippen molar-refractivity contribution in [3.63, 3.8) is 0 Å². The lowest BCUT2D eigenvalue weighted by Crippen LogP contribution is -2.34. The molecule has 0 aromatic carbocycles. The van der Waals surface area contributed by atoms with E-state index in [4.69, 9.17) is 4.52 Å². The number of ether oxygens (including phenoxy) is 1. The molecule has 94 valence electrons. The van der Waals surface area contributed by atoms with Crippen LogP contribution in [0.25, 0.3) is 0 Å². The van der Waals surface area contributed by atoms with E-state index in [-0.39, 0.29) is 19.0 Å². The van der Waals surface area contributed by atoms with Gasteiger partial charge in [-0.3, -0.25) is 14.5 Å². The first-order chi connectivity index (χ1) is 8.01. The Labute approximate surface area is 98.7 Å². The van der Waals surface area contributed by atoms with Gasteiger partial charge in [0.15, 0.2) is 5.82 Å². The lowest BCUT2D eigenvalue weighted by atomic mass is 10.4. The summed E-state index contributed by atoms with van der Waals surface area (Å²) in [5, 5.41) is 6.17. The Kier molecular flexibility index (Phi) is 4.65. The topological polar surface area (TPSA) is 84.7 Å². The Morgan fingerprint density at radius 2 is 2.24 bits per heavy atom. The molecule has 17 heavy (non-hydrogen) atoms. The average Bonchev–Trinajstić information content (AvgIpc) is 2.63. The van der Waals surface area contributed by atoms with Crippen LogP contribution in [0.5, 0.6) is 0 Å². The fraction of sp³-hybridized carbons (Fsp3) is 0.500. The highest BCUT2D eigenvalue weighted by Gasteiger charge is 2.12. The Morgan fingerprint density at radius 3 is 2.76 bits per heavy atom. The minimum absolute atomic E-state index is 0.0573. The lowest BCUT2D eigenvalue weighted by molar-refractivity contribution is -0.141. The second-order valence-corrected chi connectivity index (χ2v) is 3.62. The maximum absolute atomic E-state index is 11.5. The highest BCUT2D eigenvalue weighted by Crippen LogP contribution is 2.06. The molecule has 1 aromatic rings. The molecule has 7 nitrogen and oxygen atoms in total. The number of esters is 1. The highest BCUT2D eigenvalue weighted by atomic mass is 16.5. The standard InChI is InChI=1S/C10H15N3O4/c1-7-4-8(12-17-7)11-9(14)5-13(2)6-10(15)16-3/h4H,5-6H2,1-3H3,(H,11,12,14). The Balaban J connectivity index is 2.36. The summed E-state index contributed by atoms with van der Waals surface area (Å²) in [5.41, 5.74) is 0. The number of hydrogen-bond donors (Lipinski definition) is 1. The Morgan fingerprint density at radius 1 is 1.53 bits per heavy atom. The van der Waals surface area contributed by atoms with Crippen LogP contribution < -0.4 is 5.32 Å². The molecule has 1 amide bonds. The van der Waals surface area contributed by atoms with Gasteiger partial charge in [0.2, 0.25) is 5.91 Å². The SMILES string of the molecule is COC(=O)CN(C)CC(=O)Nc1cc(C)on1. The van der Waals surface area contributed by atoms with Crippen LogP contribution >= 0.6 is 0 Å². The molecule has 1 heterocycles. The van der Waals surface area contributed by atoms with Crippen molar-refractivity contribution in [3.05, 3.63) is 11.8 Å². The number of carbonyl (C=O) groups excluding carboxylic acids is 2.